The van der Waals surface area contributed by atoms with Gasteiger partial charge in [0.25, 0.3) is 0 Å². The third-order valence-corrected chi connectivity index (χ3v) is 6.87. The van der Waals surface area contributed by atoms with E-state index in [1.807, 2.05) is 35.2 Å². The van der Waals surface area contributed by atoms with Crippen LogP contribution in [0.3, 0.4) is 0 Å². The van der Waals surface area contributed by atoms with Crippen molar-refractivity contribution in [3.63, 3.8) is 0 Å². The van der Waals surface area contributed by atoms with E-state index in [-0.39, 0.29) is 12.0 Å². The first-order valence-corrected chi connectivity index (χ1v) is 10.5. The molecule has 2 fully saturated rings. The van der Waals surface area contributed by atoms with Crippen molar-refractivity contribution in [3.8, 4) is 0 Å². The molecule has 5 rings (SSSR count). The number of benzene rings is 2. The van der Waals surface area contributed by atoms with Crippen LogP contribution in [0.15, 0.2) is 48.5 Å². The number of para-hydroxylation sites is 1. The first-order valence-electron chi connectivity index (χ1n) is 10.5. The summed E-state index contributed by atoms with van der Waals surface area (Å²) in [6.45, 7) is 1.26. The fourth-order valence-corrected chi connectivity index (χ4v) is 5.20. The molecule has 2 unspecified atom stereocenters. The summed E-state index contributed by atoms with van der Waals surface area (Å²) >= 11 is 0. The van der Waals surface area contributed by atoms with Crippen LogP contribution in [0, 0.1) is 5.41 Å². The second-order valence-corrected chi connectivity index (χ2v) is 8.60. The number of alkyl halides is 3. The fraction of sp³-hybridized carbons (Fsp3) is 0.348. The van der Waals surface area contributed by atoms with Crippen LogP contribution < -0.4 is 15.1 Å². The van der Waals surface area contributed by atoms with Crippen LogP contribution >= 0.6 is 0 Å². The van der Waals surface area contributed by atoms with Crippen LogP contribution in [0.2, 0.25) is 0 Å². The molecule has 0 saturated carbocycles. The van der Waals surface area contributed by atoms with Gasteiger partial charge in [-0.3, -0.25) is 19.8 Å². The highest BCUT2D eigenvalue weighted by atomic mass is 19.4. The first-order chi connectivity index (χ1) is 15.6. The summed E-state index contributed by atoms with van der Waals surface area (Å²) in [5, 5.41) is 2.24. The zero-order valence-corrected chi connectivity index (χ0v) is 17.7. The molecule has 172 valence electrons. The third kappa shape index (κ3) is 3.15. The number of halogens is 3. The normalized spacial score (nSPS) is 25.2. The quantitative estimate of drug-likeness (QED) is 0.666. The number of piperazine rings is 1. The second kappa shape index (κ2) is 7.23. The van der Waals surface area contributed by atoms with Crippen molar-refractivity contribution < 1.29 is 27.6 Å². The van der Waals surface area contributed by atoms with Crippen LogP contribution in [0.25, 0.3) is 0 Å². The number of carbonyl (C=O) groups excluding carboxylic acids is 3. The Hall–Kier alpha value is -3.56. The minimum absolute atomic E-state index is 0.224. The van der Waals surface area contributed by atoms with Crippen LogP contribution in [-0.4, -0.2) is 55.5 Å². The maximum Gasteiger partial charge on any atom is 0.416 e. The van der Waals surface area contributed by atoms with Crippen molar-refractivity contribution in [3.05, 3.63) is 59.7 Å². The maximum absolute atomic E-state index is 13.5. The number of nitrogens with zero attached hydrogens (tertiary/aromatic N) is 3. The lowest BCUT2D eigenvalue weighted by atomic mass is 9.67. The van der Waals surface area contributed by atoms with Crippen molar-refractivity contribution in [1.29, 1.82) is 0 Å². The van der Waals surface area contributed by atoms with E-state index in [9.17, 15) is 27.6 Å². The zero-order chi connectivity index (χ0) is 23.5. The molecule has 10 heteroatoms. The molecular formula is C23H21F3N4O3. The van der Waals surface area contributed by atoms with E-state index in [0.29, 0.717) is 25.3 Å². The number of hydrogen-bond acceptors (Lipinski definition) is 5. The molecule has 3 aliphatic rings. The largest absolute Gasteiger partial charge is 0.416 e. The van der Waals surface area contributed by atoms with Gasteiger partial charge in [-0.2, -0.15) is 13.2 Å². The topological polar surface area (TPSA) is 73.0 Å². The molecule has 1 spiro atoms. The van der Waals surface area contributed by atoms with E-state index in [2.05, 4.69) is 10.2 Å². The predicted molar refractivity (Wildman–Crippen MR) is 114 cm³/mol. The summed E-state index contributed by atoms with van der Waals surface area (Å²) in [6, 6.07) is 11.4. The Labute approximate surface area is 187 Å². The molecule has 3 aliphatic heterocycles. The van der Waals surface area contributed by atoms with E-state index in [1.54, 1.807) is 0 Å². The van der Waals surface area contributed by atoms with E-state index in [4.69, 9.17) is 0 Å². The van der Waals surface area contributed by atoms with Gasteiger partial charge in [0, 0.05) is 38.1 Å². The Morgan fingerprint density at radius 1 is 1.03 bits per heavy atom. The minimum Gasteiger partial charge on any atom is -0.368 e. The molecule has 7 nitrogen and oxygen atoms in total. The zero-order valence-electron chi connectivity index (χ0n) is 17.7. The Kier molecular flexibility index (Phi) is 4.66. The van der Waals surface area contributed by atoms with Crippen molar-refractivity contribution in [2.45, 2.75) is 18.6 Å². The molecule has 2 saturated heterocycles. The monoisotopic (exact) mass is 458 g/mol. The standard InChI is InChI=1S/C23H21F3N4O3/c1-28-20(32)22(19(31)27-21(28)33)12-14-11-15(23(24,25)26)7-8-17(14)30-10-9-29(13-18(22)30)16-5-3-2-4-6-16/h2-8,11,18H,9-10,12-13H2,1H3,(H,27,31,33). The van der Waals surface area contributed by atoms with Crippen LogP contribution in [0.4, 0.5) is 29.3 Å². The lowest BCUT2D eigenvalue weighted by molar-refractivity contribution is -0.152. The van der Waals surface area contributed by atoms with Gasteiger partial charge in [0.05, 0.1) is 11.6 Å². The van der Waals surface area contributed by atoms with Gasteiger partial charge in [0.1, 0.15) is 0 Å². The van der Waals surface area contributed by atoms with E-state index >= 15 is 0 Å². The summed E-state index contributed by atoms with van der Waals surface area (Å²) in [5.41, 5.74) is -0.815. The fourth-order valence-electron chi connectivity index (χ4n) is 5.20. The summed E-state index contributed by atoms with van der Waals surface area (Å²) < 4.78 is 40.2. The average molecular weight is 458 g/mol. The molecular weight excluding hydrogens is 437 g/mol. The molecule has 3 heterocycles. The van der Waals surface area contributed by atoms with E-state index in [0.717, 1.165) is 22.7 Å². The van der Waals surface area contributed by atoms with Gasteiger partial charge in [-0.05, 0) is 42.3 Å². The second-order valence-electron chi connectivity index (χ2n) is 8.60. The van der Waals surface area contributed by atoms with E-state index in [1.165, 1.54) is 13.1 Å². The highest BCUT2D eigenvalue weighted by Crippen LogP contribution is 2.47. The lowest BCUT2D eigenvalue weighted by Gasteiger charge is -2.55. The average Bonchev–Trinajstić information content (AvgIpc) is 2.80. The number of amides is 4. The predicted octanol–water partition coefficient (Wildman–Crippen LogP) is 2.65. The summed E-state index contributed by atoms with van der Waals surface area (Å²) in [7, 11) is 1.27. The Morgan fingerprint density at radius 3 is 2.45 bits per heavy atom. The molecule has 0 aliphatic carbocycles. The molecule has 2 aromatic carbocycles. The van der Waals surface area contributed by atoms with Crippen LogP contribution in [0.1, 0.15) is 11.1 Å². The molecule has 2 atom stereocenters. The van der Waals surface area contributed by atoms with Crippen LogP contribution in [-0.2, 0) is 22.2 Å². The summed E-state index contributed by atoms with van der Waals surface area (Å²) in [5.74, 6) is -1.48. The van der Waals surface area contributed by atoms with Crippen molar-refractivity contribution >= 4 is 29.2 Å². The molecule has 33 heavy (non-hydrogen) atoms. The number of anilines is 2. The third-order valence-electron chi connectivity index (χ3n) is 6.87. The number of carbonyl (C=O) groups is 3. The van der Waals surface area contributed by atoms with Gasteiger partial charge >= 0.3 is 12.2 Å². The minimum atomic E-state index is -4.56. The van der Waals surface area contributed by atoms with Gasteiger partial charge in [-0.15, -0.1) is 0 Å². The highest BCUT2D eigenvalue weighted by molar-refractivity contribution is 6.20. The Balaban J connectivity index is 1.65. The number of rotatable bonds is 1. The maximum atomic E-state index is 13.5. The molecule has 0 bridgehead atoms. The number of nitrogens with one attached hydrogen (secondary N) is 1. The molecule has 0 aromatic heterocycles. The smallest absolute Gasteiger partial charge is 0.368 e. The Morgan fingerprint density at radius 2 is 1.76 bits per heavy atom. The number of imide groups is 2. The van der Waals surface area contributed by atoms with Gasteiger partial charge < -0.3 is 9.80 Å². The SMILES string of the molecule is CN1C(=O)NC(=O)C2(Cc3cc(C(F)(F)F)ccc3N3CCN(c4ccccc4)CC32)C1=O. The van der Waals surface area contributed by atoms with Crippen molar-refractivity contribution in [2.24, 2.45) is 5.41 Å². The van der Waals surface area contributed by atoms with Gasteiger partial charge in [0.15, 0.2) is 5.41 Å². The molecule has 1 N–H and O–H groups in total. The van der Waals surface area contributed by atoms with Gasteiger partial charge in [-0.1, -0.05) is 18.2 Å². The van der Waals surface area contributed by atoms with Crippen molar-refractivity contribution in [2.75, 3.05) is 36.5 Å². The number of barbiturate groups is 1. The van der Waals surface area contributed by atoms with E-state index < -0.39 is 41.0 Å². The molecule has 0 radical (unpaired) electrons. The van der Waals surface area contributed by atoms with Crippen molar-refractivity contribution in [1.82, 2.24) is 10.2 Å². The summed E-state index contributed by atoms with van der Waals surface area (Å²) in [6.07, 6.45) is -4.78. The van der Waals surface area contributed by atoms with Gasteiger partial charge in [-0.25, -0.2) is 4.79 Å². The lowest BCUT2D eigenvalue weighted by Crippen LogP contribution is -2.74. The Bertz CT molecular complexity index is 1150. The summed E-state index contributed by atoms with van der Waals surface area (Å²) in [4.78, 5) is 43.6. The number of hydrogen-bond donors (Lipinski definition) is 1. The number of urea groups is 1. The highest BCUT2D eigenvalue weighted by Gasteiger charge is 2.62. The van der Waals surface area contributed by atoms with Gasteiger partial charge in [0.2, 0.25) is 11.8 Å². The number of fused-ring (bicyclic) bond motifs is 4. The molecule has 2 aromatic rings. The first kappa shape index (κ1) is 21.3. The van der Waals surface area contributed by atoms with Crippen LogP contribution in [0.5, 0.6) is 0 Å². The molecule has 4 amide bonds.